The first kappa shape index (κ1) is 13.7. The summed E-state index contributed by atoms with van der Waals surface area (Å²) in [6.45, 7) is 4.04. The molecule has 1 aliphatic carbocycles. The number of nitriles is 1. The molecule has 19 heavy (non-hydrogen) atoms. The van der Waals surface area contributed by atoms with Crippen LogP contribution in [-0.4, -0.2) is 12.1 Å². The van der Waals surface area contributed by atoms with Gasteiger partial charge in [-0.15, -0.1) is 0 Å². The van der Waals surface area contributed by atoms with Gasteiger partial charge in [-0.25, -0.2) is 0 Å². The summed E-state index contributed by atoms with van der Waals surface area (Å²) < 4.78 is 5.62. The predicted octanol–water partition coefficient (Wildman–Crippen LogP) is 3.97. The fraction of sp³-hybridized carbons (Fsp3) is 0.562. The van der Waals surface area contributed by atoms with Crippen LogP contribution in [0.25, 0.3) is 0 Å². The second kappa shape index (κ2) is 6.47. The number of nitrogens with one attached hydrogen (secondary N) is 1. The van der Waals surface area contributed by atoms with Gasteiger partial charge in [-0.2, -0.15) is 5.26 Å². The van der Waals surface area contributed by atoms with E-state index < -0.39 is 0 Å². The number of rotatable bonds is 4. The van der Waals surface area contributed by atoms with Crippen LogP contribution in [0.5, 0.6) is 5.75 Å². The van der Waals surface area contributed by atoms with Gasteiger partial charge in [0.15, 0.2) is 0 Å². The topological polar surface area (TPSA) is 45.0 Å². The zero-order valence-corrected chi connectivity index (χ0v) is 11.7. The van der Waals surface area contributed by atoms with E-state index >= 15 is 0 Å². The zero-order valence-electron chi connectivity index (χ0n) is 11.7. The molecule has 0 aliphatic heterocycles. The Kier molecular flexibility index (Phi) is 4.68. The largest absolute Gasteiger partial charge is 0.491 e. The highest BCUT2D eigenvalue weighted by Crippen LogP contribution is 2.27. The zero-order chi connectivity index (χ0) is 13.7. The van der Waals surface area contributed by atoms with E-state index in [0.29, 0.717) is 0 Å². The number of ether oxygens (including phenoxy) is 1. The summed E-state index contributed by atoms with van der Waals surface area (Å²) in [5.74, 6) is 1.03. The van der Waals surface area contributed by atoms with E-state index in [9.17, 15) is 5.26 Å². The molecule has 1 saturated carbocycles. The Morgan fingerprint density at radius 2 is 1.89 bits per heavy atom. The van der Waals surface area contributed by atoms with Gasteiger partial charge in [0.2, 0.25) is 0 Å². The van der Waals surface area contributed by atoms with Crippen molar-refractivity contribution in [3.8, 4) is 11.8 Å². The fourth-order valence-corrected chi connectivity index (χ4v) is 2.57. The Balaban J connectivity index is 1.97. The molecule has 0 saturated heterocycles. The smallest absolute Gasteiger partial charge is 0.119 e. The third-order valence-electron chi connectivity index (χ3n) is 3.51. The van der Waals surface area contributed by atoms with E-state index in [1.54, 1.807) is 0 Å². The van der Waals surface area contributed by atoms with Crippen molar-refractivity contribution in [3.63, 3.8) is 0 Å². The molecule has 3 heteroatoms. The molecule has 102 valence electrons. The summed E-state index contributed by atoms with van der Waals surface area (Å²) in [7, 11) is 0. The molecule has 0 spiro atoms. The van der Waals surface area contributed by atoms with Crippen LogP contribution in [0.2, 0.25) is 0 Å². The maximum absolute atomic E-state index is 9.17. The molecule has 2 atom stereocenters. The molecular weight excluding hydrogens is 236 g/mol. The van der Waals surface area contributed by atoms with Gasteiger partial charge in [-0.3, -0.25) is 0 Å². The second-order valence-corrected chi connectivity index (χ2v) is 5.46. The maximum Gasteiger partial charge on any atom is 0.119 e. The molecule has 1 N–H and O–H groups in total. The minimum absolute atomic E-state index is 0.139. The van der Waals surface area contributed by atoms with E-state index in [2.05, 4.69) is 11.4 Å². The Morgan fingerprint density at radius 3 is 2.53 bits per heavy atom. The Labute approximate surface area is 115 Å². The molecule has 1 aromatic carbocycles. The van der Waals surface area contributed by atoms with E-state index in [4.69, 9.17) is 4.74 Å². The van der Waals surface area contributed by atoms with Gasteiger partial charge in [-0.05, 0) is 51.0 Å². The van der Waals surface area contributed by atoms with Crippen molar-refractivity contribution in [1.82, 2.24) is 0 Å². The van der Waals surface area contributed by atoms with Gasteiger partial charge >= 0.3 is 0 Å². The molecule has 1 fully saturated rings. The summed E-state index contributed by atoms with van der Waals surface area (Å²) in [5, 5.41) is 12.7. The summed E-state index contributed by atoms with van der Waals surface area (Å²) in [6.07, 6.45) is 4.69. The molecule has 2 unspecified atom stereocenters. The van der Waals surface area contributed by atoms with Crippen LogP contribution in [0.3, 0.4) is 0 Å². The van der Waals surface area contributed by atoms with E-state index in [0.717, 1.165) is 24.3 Å². The SMILES string of the molecule is CC(C)Oc1ccc(NC2CCCCC2C#N)cc1. The summed E-state index contributed by atoms with van der Waals surface area (Å²) in [5.41, 5.74) is 1.07. The molecule has 0 radical (unpaired) electrons. The summed E-state index contributed by atoms with van der Waals surface area (Å²) in [4.78, 5) is 0. The highest BCUT2D eigenvalue weighted by Gasteiger charge is 2.24. The van der Waals surface area contributed by atoms with Crippen molar-refractivity contribution >= 4 is 5.69 Å². The lowest BCUT2D eigenvalue weighted by Gasteiger charge is -2.28. The Morgan fingerprint density at radius 1 is 1.21 bits per heavy atom. The molecular formula is C16H22N2O. The lowest BCUT2D eigenvalue weighted by molar-refractivity contribution is 0.242. The summed E-state index contributed by atoms with van der Waals surface area (Å²) in [6, 6.07) is 10.7. The molecule has 0 amide bonds. The van der Waals surface area contributed by atoms with Crippen molar-refractivity contribution in [2.45, 2.75) is 51.7 Å². The van der Waals surface area contributed by atoms with Crippen molar-refractivity contribution < 1.29 is 4.74 Å². The first-order valence-electron chi connectivity index (χ1n) is 7.12. The second-order valence-electron chi connectivity index (χ2n) is 5.46. The molecule has 3 nitrogen and oxygen atoms in total. The maximum atomic E-state index is 9.17. The van der Waals surface area contributed by atoms with E-state index in [1.165, 1.54) is 12.8 Å². The lowest BCUT2D eigenvalue weighted by atomic mass is 9.85. The third kappa shape index (κ3) is 3.89. The molecule has 0 bridgehead atoms. The Hall–Kier alpha value is -1.69. The first-order valence-corrected chi connectivity index (χ1v) is 7.12. The average molecular weight is 258 g/mol. The highest BCUT2D eigenvalue weighted by atomic mass is 16.5. The Bertz CT molecular complexity index is 433. The van der Waals surface area contributed by atoms with Crippen molar-refractivity contribution in [2.24, 2.45) is 5.92 Å². The molecule has 1 aromatic rings. The van der Waals surface area contributed by atoms with Gasteiger partial charge in [0, 0.05) is 11.7 Å². The minimum Gasteiger partial charge on any atom is -0.491 e. The van der Waals surface area contributed by atoms with Crippen molar-refractivity contribution in [2.75, 3.05) is 5.32 Å². The van der Waals surface area contributed by atoms with Gasteiger partial charge in [-0.1, -0.05) is 12.8 Å². The van der Waals surface area contributed by atoms with Crippen molar-refractivity contribution in [1.29, 1.82) is 5.26 Å². The summed E-state index contributed by atoms with van der Waals surface area (Å²) >= 11 is 0. The van der Waals surface area contributed by atoms with E-state index in [-0.39, 0.29) is 18.1 Å². The standard InChI is InChI=1S/C16H22N2O/c1-12(2)19-15-9-7-14(8-10-15)18-16-6-4-3-5-13(16)11-17/h7-10,12-13,16,18H,3-6H2,1-2H3. The van der Waals surface area contributed by atoms with Gasteiger partial charge in [0.1, 0.15) is 5.75 Å². The van der Waals surface area contributed by atoms with Crippen molar-refractivity contribution in [3.05, 3.63) is 24.3 Å². The van der Waals surface area contributed by atoms with E-state index in [1.807, 2.05) is 38.1 Å². The van der Waals surface area contributed by atoms with Crippen LogP contribution in [0.4, 0.5) is 5.69 Å². The minimum atomic E-state index is 0.139. The van der Waals surface area contributed by atoms with Crippen LogP contribution in [0.1, 0.15) is 39.5 Å². The predicted molar refractivity (Wildman–Crippen MR) is 77.2 cm³/mol. The number of nitrogens with zero attached hydrogens (tertiary/aromatic N) is 1. The fourth-order valence-electron chi connectivity index (χ4n) is 2.57. The third-order valence-corrected chi connectivity index (χ3v) is 3.51. The van der Waals surface area contributed by atoms with Crippen LogP contribution < -0.4 is 10.1 Å². The molecule has 2 rings (SSSR count). The van der Waals surface area contributed by atoms with Crippen LogP contribution >= 0.6 is 0 Å². The normalized spacial score (nSPS) is 22.8. The van der Waals surface area contributed by atoms with Crippen LogP contribution in [-0.2, 0) is 0 Å². The first-order chi connectivity index (χ1) is 9.19. The quantitative estimate of drug-likeness (QED) is 0.888. The molecule has 0 aromatic heterocycles. The van der Waals surface area contributed by atoms with Gasteiger partial charge in [0.05, 0.1) is 18.1 Å². The molecule has 1 aliphatic rings. The lowest BCUT2D eigenvalue weighted by Crippen LogP contribution is -2.31. The van der Waals surface area contributed by atoms with Crippen LogP contribution in [0.15, 0.2) is 24.3 Å². The highest BCUT2D eigenvalue weighted by molar-refractivity contribution is 5.47. The average Bonchev–Trinajstić information content (AvgIpc) is 2.41. The molecule has 0 heterocycles. The number of anilines is 1. The van der Waals surface area contributed by atoms with Crippen LogP contribution in [0, 0.1) is 17.2 Å². The number of hydrogen-bond donors (Lipinski definition) is 1. The monoisotopic (exact) mass is 258 g/mol. The van der Waals surface area contributed by atoms with Gasteiger partial charge in [0.25, 0.3) is 0 Å². The van der Waals surface area contributed by atoms with Gasteiger partial charge < -0.3 is 10.1 Å². The number of benzene rings is 1. The number of hydrogen-bond acceptors (Lipinski definition) is 3.